The molecule has 0 aromatic carbocycles. The largest absolute Gasteiger partial charge is 0.481 e. The van der Waals surface area contributed by atoms with Gasteiger partial charge in [0.1, 0.15) is 0 Å². The molecule has 8 unspecified atom stereocenters. The summed E-state index contributed by atoms with van der Waals surface area (Å²) < 4.78 is 0. The predicted octanol–water partition coefficient (Wildman–Crippen LogP) is 4.48. The highest BCUT2D eigenvalue weighted by Crippen LogP contribution is 2.68. The lowest BCUT2D eigenvalue weighted by atomic mass is 9.43. The zero-order valence-electron chi connectivity index (χ0n) is 17.9. The molecule has 4 aliphatic rings. The fourth-order valence-electron chi connectivity index (χ4n) is 8.71. The summed E-state index contributed by atoms with van der Waals surface area (Å²) in [6, 6.07) is 0. The summed E-state index contributed by atoms with van der Waals surface area (Å²) in [5, 5.41) is 30.8. The highest BCUT2D eigenvalue weighted by Gasteiger charge is 2.63. The summed E-state index contributed by atoms with van der Waals surface area (Å²) in [5.74, 6) is 2.55. The molecule has 0 saturated heterocycles. The molecule has 4 fully saturated rings. The molecular formula is C24H40O4. The molecule has 0 spiro atoms. The van der Waals surface area contributed by atoms with E-state index in [1.807, 2.05) is 0 Å². The number of hydrogen-bond acceptors (Lipinski definition) is 3. The van der Waals surface area contributed by atoms with Gasteiger partial charge in [-0.1, -0.05) is 20.8 Å². The topological polar surface area (TPSA) is 77.8 Å². The molecule has 28 heavy (non-hydrogen) atoms. The minimum absolute atomic E-state index is 0.0591. The van der Waals surface area contributed by atoms with Gasteiger partial charge in [-0.15, -0.1) is 0 Å². The molecule has 0 aromatic heterocycles. The Morgan fingerprint density at radius 1 is 1.04 bits per heavy atom. The summed E-state index contributed by atoms with van der Waals surface area (Å²) >= 11 is 0. The second-order valence-corrected chi connectivity index (χ2v) is 11.3. The van der Waals surface area contributed by atoms with Crippen LogP contribution < -0.4 is 0 Å². The Kier molecular flexibility index (Phi) is 5.36. The van der Waals surface area contributed by atoms with Gasteiger partial charge in [-0.3, -0.25) is 4.79 Å². The molecule has 0 radical (unpaired) electrons. The van der Waals surface area contributed by atoms with E-state index in [4.69, 9.17) is 5.11 Å². The number of carboxylic acids is 1. The number of aliphatic carboxylic acids is 1. The molecule has 4 heteroatoms. The van der Waals surface area contributed by atoms with Gasteiger partial charge in [0.15, 0.2) is 0 Å². The summed E-state index contributed by atoms with van der Waals surface area (Å²) in [5.41, 5.74) is 0.216. The first kappa shape index (κ1) is 20.7. The second-order valence-electron chi connectivity index (χ2n) is 11.3. The zero-order valence-corrected chi connectivity index (χ0v) is 17.9. The van der Waals surface area contributed by atoms with Crippen LogP contribution in [0.5, 0.6) is 0 Å². The van der Waals surface area contributed by atoms with Crippen molar-refractivity contribution >= 4 is 5.97 Å². The molecule has 10 atom stereocenters. The maximum absolute atomic E-state index is 11.5. The summed E-state index contributed by atoms with van der Waals surface area (Å²) in [7, 11) is 0. The van der Waals surface area contributed by atoms with Crippen LogP contribution in [0.2, 0.25) is 0 Å². The van der Waals surface area contributed by atoms with Crippen molar-refractivity contribution in [3.05, 3.63) is 0 Å². The average molecular weight is 393 g/mol. The van der Waals surface area contributed by atoms with Gasteiger partial charge < -0.3 is 15.3 Å². The number of carbonyl (C=O) groups is 1. The first-order chi connectivity index (χ1) is 13.2. The van der Waals surface area contributed by atoms with E-state index in [1.165, 1.54) is 19.3 Å². The van der Waals surface area contributed by atoms with Crippen molar-refractivity contribution < 1.29 is 20.1 Å². The van der Waals surface area contributed by atoms with Crippen LogP contribution >= 0.6 is 0 Å². The monoisotopic (exact) mass is 392 g/mol. The van der Waals surface area contributed by atoms with E-state index >= 15 is 0 Å². The SMILES string of the molecule is CC(CCC(=O)O)C1CCC2C3CCC4C[C@@H](O)CCC4(C)C3C[C@@H](O)C12C. The van der Waals surface area contributed by atoms with Crippen LogP contribution in [0.1, 0.15) is 85.0 Å². The van der Waals surface area contributed by atoms with Crippen LogP contribution in [0.25, 0.3) is 0 Å². The molecule has 4 rings (SSSR count). The molecule has 0 aromatic rings. The molecule has 0 amide bonds. The summed E-state index contributed by atoms with van der Waals surface area (Å²) in [6.07, 6.45) is 9.26. The Hall–Kier alpha value is -0.610. The molecule has 3 N–H and O–H groups in total. The van der Waals surface area contributed by atoms with E-state index in [0.717, 1.165) is 38.5 Å². The third kappa shape index (κ3) is 3.05. The molecule has 160 valence electrons. The van der Waals surface area contributed by atoms with E-state index in [1.54, 1.807) is 0 Å². The minimum atomic E-state index is -0.707. The average Bonchev–Trinajstić information content (AvgIpc) is 3.00. The summed E-state index contributed by atoms with van der Waals surface area (Å²) in [4.78, 5) is 11.1. The molecular weight excluding hydrogens is 352 g/mol. The van der Waals surface area contributed by atoms with Crippen molar-refractivity contribution in [2.75, 3.05) is 0 Å². The third-order valence-corrected chi connectivity index (χ3v) is 10.3. The predicted molar refractivity (Wildman–Crippen MR) is 109 cm³/mol. The quantitative estimate of drug-likeness (QED) is 0.659. The minimum Gasteiger partial charge on any atom is -0.481 e. The molecule has 4 aliphatic carbocycles. The number of aliphatic hydroxyl groups excluding tert-OH is 2. The van der Waals surface area contributed by atoms with E-state index < -0.39 is 5.97 Å². The Morgan fingerprint density at radius 3 is 2.50 bits per heavy atom. The third-order valence-electron chi connectivity index (χ3n) is 10.3. The van der Waals surface area contributed by atoms with Crippen LogP contribution in [0.15, 0.2) is 0 Å². The Morgan fingerprint density at radius 2 is 1.79 bits per heavy atom. The Balaban J connectivity index is 1.56. The Labute approximate surface area is 170 Å². The lowest BCUT2D eigenvalue weighted by Gasteiger charge is -2.62. The number of fused-ring (bicyclic) bond motifs is 5. The van der Waals surface area contributed by atoms with Crippen molar-refractivity contribution in [1.82, 2.24) is 0 Å². The zero-order chi connectivity index (χ0) is 20.3. The van der Waals surface area contributed by atoms with Gasteiger partial charge >= 0.3 is 5.97 Å². The van der Waals surface area contributed by atoms with Gasteiger partial charge in [0.2, 0.25) is 0 Å². The fourth-order valence-corrected chi connectivity index (χ4v) is 8.71. The van der Waals surface area contributed by atoms with E-state index in [0.29, 0.717) is 35.5 Å². The van der Waals surface area contributed by atoms with Crippen molar-refractivity contribution in [2.45, 2.75) is 97.2 Å². The highest BCUT2D eigenvalue weighted by molar-refractivity contribution is 5.66. The van der Waals surface area contributed by atoms with Gasteiger partial charge in [0.05, 0.1) is 12.2 Å². The van der Waals surface area contributed by atoms with Crippen molar-refractivity contribution in [2.24, 2.45) is 46.3 Å². The molecule has 0 heterocycles. The van der Waals surface area contributed by atoms with E-state index in [2.05, 4.69) is 20.8 Å². The lowest BCUT2D eigenvalue weighted by molar-refractivity contribution is -0.175. The van der Waals surface area contributed by atoms with E-state index in [-0.39, 0.29) is 29.5 Å². The van der Waals surface area contributed by atoms with Gasteiger partial charge in [-0.05, 0) is 104 Å². The number of hydrogen-bond donors (Lipinski definition) is 3. The first-order valence-electron chi connectivity index (χ1n) is 11.8. The molecule has 0 bridgehead atoms. The van der Waals surface area contributed by atoms with Gasteiger partial charge in [-0.2, -0.15) is 0 Å². The first-order valence-corrected chi connectivity index (χ1v) is 11.8. The fraction of sp³-hybridized carbons (Fsp3) is 0.958. The second kappa shape index (κ2) is 7.27. The van der Waals surface area contributed by atoms with Crippen LogP contribution in [-0.2, 0) is 4.79 Å². The number of aliphatic hydroxyl groups is 2. The normalized spacial score (nSPS) is 51.7. The molecule has 4 saturated carbocycles. The van der Waals surface area contributed by atoms with Gasteiger partial charge in [-0.25, -0.2) is 0 Å². The van der Waals surface area contributed by atoms with Crippen molar-refractivity contribution in [3.8, 4) is 0 Å². The lowest BCUT2D eigenvalue weighted by Crippen LogP contribution is -2.58. The summed E-state index contributed by atoms with van der Waals surface area (Å²) in [6.45, 7) is 6.99. The highest BCUT2D eigenvalue weighted by atomic mass is 16.4. The van der Waals surface area contributed by atoms with Gasteiger partial charge in [0, 0.05) is 6.42 Å². The van der Waals surface area contributed by atoms with Gasteiger partial charge in [0.25, 0.3) is 0 Å². The standard InChI is InChI=1S/C24H40O4/c1-14(4-9-22(27)28)18-7-8-19-17-6-5-15-12-16(25)10-11-23(15,2)20(17)13-21(26)24(18,19)3/h14-21,25-26H,4-13H2,1-3H3,(H,27,28)/t14?,15?,16-,17?,18?,19?,20?,21+,23?,24?/m0/s1. The number of rotatable bonds is 4. The van der Waals surface area contributed by atoms with Crippen molar-refractivity contribution in [3.63, 3.8) is 0 Å². The molecule has 4 nitrogen and oxygen atoms in total. The smallest absolute Gasteiger partial charge is 0.303 e. The van der Waals surface area contributed by atoms with Crippen LogP contribution in [0.3, 0.4) is 0 Å². The maximum atomic E-state index is 11.5. The van der Waals surface area contributed by atoms with E-state index in [9.17, 15) is 15.0 Å². The maximum Gasteiger partial charge on any atom is 0.303 e. The van der Waals surface area contributed by atoms with Crippen LogP contribution in [-0.4, -0.2) is 33.5 Å². The number of carboxylic acid groups (broad SMARTS) is 1. The Bertz CT molecular complexity index is 605. The van der Waals surface area contributed by atoms with Crippen LogP contribution in [0, 0.1) is 46.3 Å². The van der Waals surface area contributed by atoms with Crippen LogP contribution in [0.4, 0.5) is 0 Å². The molecule has 0 aliphatic heterocycles. The van der Waals surface area contributed by atoms with Crippen molar-refractivity contribution in [1.29, 1.82) is 0 Å².